The summed E-state index contributed by atoms with van der Waals surface area (Å²) in [4.78, 5) is 15.2. The van der Waals surface area contributed by atoms with E-state index in [2.05, 4.69) is 4.98 Å². The molecule has 198 valence electrons. The van der Waals surface area contributed by atoms with E-state index in [-0.39, 0.29) is 42.2 Å². The summed E-state index contributed by atoms with van der Waals surface area (Å²) in [5.74, 6) is -7.00. The first-order valence-corrected chi connectivity index (χ1v) is 12.2. The van der Waals surface area contributed by atoms with E-state index in [1.54, 1.807) is 6.92 Å². The molecule has 0 spiro atoms. The van der Waals surface area contributed by atoms with E-state index in [1.165, 1.54) is 18.2 Å². The molecule has 1 fully saturated rings. The molecule has 0 amide bonds. The number of hydrogen-bond acceptors (Lipinski definition) is 7. The molecular weight excluding hydrogens is 501 g/mol. The molecule has 7 nitrogen and oxygen atoms in total. The minimum atomic E-state index is -1.61. The third-order valence-corrected chi connectivity index (χ3v) is 6.06. The molecule has 0 aliphatic heterocycles. The molecule has 0 N–H and O–H groups in total. The maximum Gasteiger partial charge on any atom is 0.308 e. The zero-order valence-corrected chi connectivity index (χ0v) is 20.6. The van der Waals surface area contributed by atoms with Gasteiger partial charge in [-0.25, -0.2) is 0 Å². The van der Waals surface area contributed by atoms with Gasteiger partial charge in [-0.15, -0.1) is 0 Å². The number of carbonyl (C=O) groups is 1. The lowest BCUT2D eigenvalue weighted by Crippen LogP contribution is -2.29. The van der Waals surface area contributed by atoms with Crippen LogP contribution in [-0.2, 0) is 16.1 Å². The third-order valence-electron chi connectivity index (χ3n) is 6.06. The van der Waals surface area contributed by atoms with Gasteiger partial charge in [0.1, 0.15) is 6.61 Å². The highest BCUT2D eigenvalue weighted by Gasteiger charge is 2.31. The SMILES string of the molecule is CCOC(=O)C1CCC(Oc2c(F)c(F)nc(Oc3cc(C#N)ccc3OCc3ccccc3)c2F)CC1. The smallest absolute Gasteiger partial charge is 0.308 e. The molecule has 1 saturated carbocycles. The van der Waals surface area contributed by atoms with Gasteiger partial charge >= 0.3 is 5.97 Å². The van der Waals surface area contributed by atoms with Crippen LogP contribution in [0.15, 0.2) is 48.5 Å². The lowest BCUT2D eigenvalue weighted by molar-refractivity contribution is -0.149. The van der Waals surface area contributed by atoms with E-state index in [1.807, 2.05) is 36.4 Å². The van der Waals surface area contributed by atoms with E-state index in [0.717, 1.165) is 5.56 Å². The number of aromatic nitrogens is 1. The second kappa shape index (κ2) is 12.3. The molecule has 3 aromatic rings. The number of carbonyl (C=O) groups excluding carboxylic acids is 1. The first kappa shape index (κ1) is 26.8. The number of ether oxygens (including phenoxy) is 4. The summed E-state index contributed by atoms with van der Waals surface area (Å²) in [6.07, 6.45) is 0.819. The minimum absolute atomic E-state index is 0.113. The summed E-state index contributed by atoms with van der Waals surface area (Å²) in [6.45, 7) is 2.12. The highest BCUT2D eigenvalue weighted by atomic mass is 19.2. The fourth-order valence-corrected chi connectivity index (χ4v) is 4.10. The molecule has 1 aliphatic carbocycles. The van der Waals surface area contributed by atoms with Crippen molar-refractivity contribution < 1.29 is 36.9 Å². The van der Waals surface area contributed by atoms with Crippen molar-refractivity contribution in [2.45, 2.75) is 45.3 Å². The van der Waals surface area contributed by atoms with E-state index < -0.39 is 35.3 Å². The number of halogens is 3. The van der Waals surface area contributed by atoms with Crippen molar-refractivity contribution in [1.29, 1.82) is 5.26 Å². The predicted molar refractivity (Wildman–Crippen MR) is 129 cm³/mol. The van der Waals surface area contributed by atoms with Gasteiger partial charge in [-0.3, -0.25) is 4.79 Å². The Morgan fingerprint density at radius 3 is 2.45 bits per heavy atom. The van der Waals surface area contributed by atoms with Crippen LogP contribution in [0, 0.1) is 34.8 Å². The molecule has 10 heteroatoms. The normalized spacial score (nSPS) is 16.8. The van der Waals surface area contributed by atoms with Crippen LogP contribution in [0.25, 0.3) is 0 Å². The first-order chi connectivity index (χ1) is 18.4. The highest BCUT2D eigenvalue weighted by molar-refractivity contribution is 5.72. The van der Waals surface area contributed by atoms with E-state index in [4.69, 9.17) is 18.9 Å². The highest BCUT2D eigenvalue weighted by Crippen LogP contribution is 2.38. The number of rotatable bonds is 9. The van der Waals surface area contributed by atoms with Crippen LogP contribution >= 0.6 is 0 Å². The van der Waals surface area contributed by atoms with Gasteiger partial charge in [0.2, 0.25) is 17.4 Å². The van der Waals surface area contributed by atoms with Crippen LogP contribution in [0.1, 0.15) is 43.7 Å². The second-order valence-corrected chi connectivity index (χ2v) is 8.66. The molecule has 38 heavy (non-hydrogen) atoms. The van der Waals surface area contributed by atoms with Gasteiger partial charge < -0.3 is 18.9 Å². The third kappa shape index (κ3) is 6.35. The zero-order valence-electron chi connectivity index (χ0n) is 20.6. The summed E-state index contributed by atoms with van der Waals surface area (Å²) in [6, 6.07) is 15.3. The summed E-state index contributed by atoms with van der Waals surface area (Å²) in [5.41, 5.74) is 1.01. The van der Waals surface area contributed by atoms with Gasteiger partial charge in [0.25, 0.3) is 11.8 Å². The molecule has 0 unspecified atom stereocenters. The molecule has 0 saturated heterocycles. The fourth-order valence-electron chi connectivity index (χ4n) is 4.10. The number of nitriles is 1. The van der Waals surface area contributed by atoms with Gasteiger partial charge in [-0.05, 0) is 50.3 Å². The Hall–Kier alpha value is -4.26. The van der Waals surface area contributed by atoms with Gasteiger partial charge in [0, 0.05) is 6.07 Å². The van der Waals surface area contributed by atoms with Crippen LogP contribution in [0.5, 0.6) is 23.1 Å². The standard InChI is InChI=1S/C28H25F3N2O5/c1-2-35-28(34)19-9-11-20(12-10-19)37-25-23(29)26(31)33-27(24(25)30)38-22-14-18(15-32)8-13-21(22)36-16-17-6-4-3-5-7-17/h3-8,13-14,19-20H,2,9-12,16H2,1H3. The zero-order chi connectivity index (χ0) is 27.1. The van der Waals surface area contributed by atoms with Crippen molar-refractivity contribution in [3.05, 3.63) is 77.2 Å². The average molecular weight is 527 g/mol. The van der Waals surface area contributed by atoms with Crippen molar-refractivity contribution >= 4 is 5.97 Å². The maximum atomic E-state index is 15.3. The van der Waals surface area contributed by atoms with Crippen molar-refractivity contribution in [3.8, 4) is 29.2 Å². The van der Waals surface area contributed by atoms with Crippen LogP contribution in [0.3, 0.4) is 0 Å². The number of nitrogens with zero attached hydrogens (tertiary/aromatic N) is 2. The Kier molecular flexibility index (Phi) is 8.69. The topological polar surface area (TPSA) is 90.7 Å². The van der Waals surface area contributed by atoms with Crippen molar-refractivity contribution in [3.63, 3.8) is 0 Å². The summed E-state index contributed by atoms with van der Waals surface area (Å²) in [5, 5.41) is 9.28. The van der Waals surface area contributed by atoms with Crippen molar-refractivity contribution in [2.75, 3.05) is 6.61 Å². The summed E-state index contributed by atoms with van der Waals surface area (Å²) < 4.78 is 66.1. The Morgan fingerprint density at radius 2 is 1.76 bits per heavy atom. The van der Waals surface area contributed by atoms with Gasteiger partial charge in [-0.2, -0.15) is 23.4 Å². The van der Waals surface area contributed by atoms with E-state index >= 15 is 4.39 Å². The largest absolute Gasteiger partial charge is 0.485 e. The lowest BCUT2D eigenvalue weighted by atomic mass is 9.87. The average Bonchev–Trinajstić information content (AvgIpc) is 2.94. The van der Waals surface area contributed by atoms with Crippen LogP contribution in [0.2, 0.25) is 0 Å². The lowest BCUT2D eigenvalue weighted by Gasteiger charge is -2.28. The fraction of sp³-hybridized carbons (Fsp3) is 0.321. The maximum absolute atomic E-state index is 15.3. The molecule has 2 aromatic carbocycles. The van der Waals surface area contributed by atoms with Gasteiger partial charge in [0.15, 0.2) is 11.5 Å². The molecule has 0 bridgehead atoms. The first-order valence-electron chi connectivity index (χ1n) is 12.2. The number of hydrogen-bond donors (Lipinski definition) is 0. The Bertz CT molecular complexity index is 1320. The number of esters is 1. The minimum Gasteiger partial charge on any atom is -0.485 e. The summed E-state index contributed by atoms with van der Waals surface area (Å²) >= 11 is 0. The Balaban J connectivity index is 1.54. The van der Waals surface area contributed by atoms with Crippen LogP contribution < -0.4 is 14.2 Å². The van der Waals surface area contributed by atoms with Crippen molar-refractivity contribution in [2.24, 2.45) is 5.92 Å². The molecule has 1 aromatic heterocycles. The monoisotopic (exact) mass is 526 g/mol. The molecule has 1 heterocycles. The van der Waals surface area contributed by atoms with Gasteiger partial charge in [-0.1, -0.05) is 30.3 Å². The van der Waals surface area contributed by atoms with Crippen LogP contribution in [0.4, 0.5) is 13.2 Å². The molecule has 1 aliphatic rings. The Morgan fingerprint density at radius 1 is 1.03 bits per heavy atom. The van der Waals surface area contributed by atoms with Crippen molar-refractivity contribution in [1.82, 2.24) is 4.98 Å². The number of pyridine rings is 1. The second-order valence-electron chi connectivity index (χ2n) is 8.66. The van der Waals surface area contributed by atoms with Crippen LogP contribution in [-0.4, -0.2) is 23.7 Å². The summed E-state index contributed by atoms with van der Waals surface area (Å²) in [7, 11) is 0. The predicted octanol–water partition coefficient (Wildman–Crippen LogP) is 6.24. The van der Waals surface area contributed by atoms with Gasteiger partial charge in [0.05, 0.1) is 30.3 Å². The van der Waals surface area contributed by atoms with E-state index in [9.17, 15) is 18.8 Å². The Labute approximate surface area is 217 Å². The molecule has 0 radical (unpaired) electrons. The molecule has 4 rings (SSSR count). The quantitative estimate of drug-likeness (QED) is 0.241. The molecular formula is C28H25F3N2O5. The van der Waals surface area contributed by atoms with E-state index in [0.29, 0.717) is 25.7 Å². The number of benzene rings is 2. The molecule has 0 atom stereocenters.